The number of para-hydroxylation sites is 2. The highest BCUT2D eigenvalue weighted by molar-refractivity contribution is 7.80. The summed E-state index contributed by atoms with van der Waals surface area (Å²) in [4.78, 5) is 8.52. The molecule has 1 aromatic carbocycles. The van der Waals surface area contributed by atoms with E-state index in [0.717, 1.165) is 43.3 Å². The van der Waals surface area contributed by atoms with E-state index in [-0.39, 0.29) is 5.82 Å². The van der Waals surface area contributed by atoms with Gasteiger partial charge in [0.05, 0.1) is 29.0 Å². The molecule has 0 atom stereocenters. The Morgan fingerprint density at radius 1 is 1.25 bits per heavy atom. The monoisotopic (exact) mass is 399 g/mol. The minimum Gasteiger partial charge on any atom is -0.397 e. The number of nitrogens with two attached hydrogens (primary N) is 1. The first-order chi connectivity index (χ1) is 13.6. The summed E-state index contributed by atoms with van der Waals surface area (Å²) in [6.45, 7) is 3.92. The quantitative estimate of drug-likeness (QED) is 0.405. The van der Waals surface area contributed by atoms with Crippen LogP contribution in [0.15, 0.2) is 41.6 Å². The number of benzene rings is 1. The van der Waals surface area contributed by atoms with E-state index in [2.05, 4.69) is 30.6 Å². The summed E-state index contributed by atoms with van der Waals surface area (Å²) < 4.78 is 13.4. The van der Waals surface area contributed by atoms with Crippen LogP contribution in [0.2, 0.25) is 0 Å². The van der Waals surface area contributed by atoms with Crippen LogP contribution in [-0.2, 0) is 0 Å². The van der Waals surface area contributed by atoms with Gasteiger partial charge >= 0.3 is 0 Å². The molecule has 1 fully saturated rings. The Balaban J connectivity index is 1.37. The molecule has 0 unspecified atom stereocenters. The summed E-state index contributed by atoms with van der Waals surface area (Å²) in [6.07, 6.45) is 1.90. The average molecular weight is 399 g/mol. The molecule has 4 rings (SSSR count). The molecule has 7 nitrogen and oxygen atoms in total. The highest BCUT2D eigenvalue weighted by Crippen LogP contribution is 2.24. The molecule has 0 saturated carbocycles. The van der Waals surface area contributed by atoms with E-state index in [0.29, 0.717) is 29.5 Å². The zero-order valence-corrected chi connectivity index (χ0v) is 16.2. The van der Waals surface area contributed by atoms with Crippen LogP contribution < -0.4 is 21.4 Å². The second-order valence-electron chi connectivity index (χ2n) is 6.73. The van der Waals surface area contributed by atoms with E-state index >= 15 is 0 Å². The number of nitrogens with zero attached hydrogens (tertiary/aromatic N) is 4. The second kappa shape index (κ2) is 7.97. The lowest BCUT2D eigenvalue weighted by molar-refractivity contribution is 0.381. The summed E-state index contributed by atoms with van der Waals surface area (Å²) in [5, 5.41) is 8.16. The molecule has 4 N–H and O–H groups in total. The summed E-state index contributed by atoms with van der Waals surface area (Å²) in [5.74, 6) is -0.368. The van der Waals surface area contributed by atoms with Gasteiger partial charge in [-0.2, -0.15) is 5.10 Å². The van der Waals surface area contributed by atoms with Crippen LogP contribution in [-0.4, -0.2) is 53.4 Å². The van der Waals surface area contributed by atoms with Gasteiger partial charge in [0.25, 0.3) is 0 Å². The van der Waals surface area contributed by atoms with E-state index in [9.17, 15) is 4.39 Å². The van der Waals surface area contributed by atoms with Gasteiger partial charge < -0.3 is 20.9 Å². The van der Waals surface area contributed by atoms with Crippen molar-refractivity contribution in [3.8, 4) is 0 Å². The van der Waals surface area contributed by atoms with Crippen molar-refractivity contribution in [3.63, 3.8) is 0 Å². The summed E-state index contributed by atoms with van der Waals surface area (Å²) in [5.41, 5.74) is 13.0. The molecular formula is C19H22FN7S. The zero-order chi connectivity index (χ0) is 19.5. The van der Waals surface area contributed by atoms with Crippen molar-refractivity contribution in [2.45, 2.75) is 6.42 Å². The fourth-order valence-corrected chi connectivity index (χ4v) is 3.69. The first kappa shape index (κ1) is 18.4. The topological polar surface area (TPSA) is 81.8 Å². The number of aromatic nitrogens is 1. The van der Waals surface area contributed by atoms with E-state index in [1.807, 2.05) is 24.3 Å². The smallest absolute Gasteiger partial charge is 0.189 e. The normalized spacial score (nSPS) is 17.8. The van der Waals surface area contributed by atoms with Gasteiger partial charge in [-0.3, -0.25) is 5.43 Å². The van der Waals surface area contributed by atoms with Gasteiger partial charge in [0.2, 0.25) is 0 Å². The van der Waals surface area contributed by atoms with Crippen LogP contribution in [0.3, 0.4) is 0 Å². The Hall–Kier alpha value is -2.94. The van der Waals surface area contributed by atoms with Gasteiger partial charge in [-0.1, -0.05) is 12.1 Å². The van der Waals surface area contributed by atoms with E-state index in [1.54, 1.807) is 0 Å². The fourth-order valence-electron chi connectivity index (χ4n) is 3.46. The number of rotatable bonds is 2. The number of nitrogens with one attached hydrogen (secondary N) is 2. The van der Waals surface area contributed by atoms with Crippen LogP contribution >= 0.6 is 12.2 Å². The number of hydrazone groups is 1. The maximum absolute atomic E-state index is 13.4. The first-order valence-corrected chi connectivity index (χ1v) is 9.63. The van der Waals surface area contributed by atoms with Crippen molar-refractivity contribution in [1.82, 2.24) is 15.3 Å². The summed E-state index contributed by atoms with van der Waals surface area (Å²) in [6, 6.07) is 9.33. The van der Waals surface area contributed by atoms with Crippen molar-refractivity contribution < 1.29 is 4.39 Å². The van der Waals surface area contributed by atoms with Gasteiger partial charge in [0.15, 0.2) is 5.11 Å². The van der Waals surface area contributed by atoms with Crippen molar-refractivity contribution in [2.24, 2.45) is 5.10 Å². The largest absolute Gasteiger partial charge is 0.397 e. The summed E-state index contributed by atoms with van der Waals surface area (Å²) >= 11 is 5.51. The Bertz CT molecular complexity index is 909. The van der Waals surface area contributed by atoms with Crippen molar-refractivity contribution in [3.05, 3.63) is 48.0 Å². The Morgan fingerprint density at radius 2 is 2.04 bits per heavy atom. The highest BCUT2D eigenvalue weighted by Gasteiger charge is 2.21. The molecule has 0 radical (unpaired) electrons. The third-order valence-electron chi connectivity index (χ3n) is 4.94. The van der Waals surface area contributed by atoms with Crippen LogP contribution in [0.1, 0.15) is 12.1 Å². The number of anilines is 3. The summed E-state index contributed by atoms with van der Waals surface area (Å²) in [7, 11) is 0. The maximum atomic E-state index is 13.4. The Kier molecular flexibility index (Phi) is 5.25. The molecule has 146 valence electrons. The minimum absolute atomic E-state index is 0.368. The molecule has 9 heteroatoms. The number of pyridine rings is 1. The third-order valence-corrected chi connectivity index (χ3v) is 5.29. The molecule has 0 amide bonds. The average Bonchev–Trinajstić information content (AvgIpc) is 2.72. The number of halogens is 1. The Morgan fingerprint density at radius 3 is 2.82 bits per heavy atom. The zero-order valence-electron chi connectivity index (χ0n) is 15.4. The van der Waals surface area contributed by atoms with Crippen molar-refractivity contribution in [1.29, 1.82) is 0 Å². The van der Waals surface area contributed by atoms with Gasteiger partial charge in [0, 0.05) is 45.2 Å². The molecule has 28 heavy (non-hydrogen) atoms. The van der Waals surface area contributed by atoms with Crippen molar-refractivity contribution in [2.75, 3.05) is 48.7 Å². The Labute approximate surface area is 168 Å². The van der Waals surface area contributed by atoms with Crippen LogP contribution in [0.25, 0.3) is 0 Å². The third kappa shape index (κ3) is 3.84. The van der Waals surface area contributed by atoms with Gasteiger partial charge in [0.1, 0.15) is 11.5 Å². The minimum atomic E-state index is -0.368. The molecule has 3 heterocycles. The van der Waals surface area contributed by atoms with E-state index < -0.39 is 0 Å². The van der Waals surface area contributed by atoms with Crippen LogP contribution in [0, 0.1) is 5.82 Å². The highest BCUT2D eigenvalue weighted by atomic mass is 32.1. The molecular weight excluding hydrogens is 377 g/mol. The molecule has 2 aromatic rings. The number of fused-ring (bicyclic) bond motifs is 1. The first-order valence-electron chi connectivity index (χ1n) is 9.22. The van der Waals surface area contributed by atoms with Gasteiger partial charge in [-0.05, 0) is 24.4 Å². The van der Waals surface area contributed by atoms with Gasteiger partial charge in [-0.25, -0.2) is 9.37 Å². The number of thiocarbonyl (C=S) groups is 1. The molecule has 0 aliphatic carbocycles. The predicted molar refractivity (Wildman–Crippen MR) is 114 cm³/mol. The van der Waals surface area contributed by atoms with E-state index in [4.69, 9.17) is 18.0 Å². The van der Waals surface area contributed by atoms with E-state index in [1.165, 1.54) is 12.3 Å². The lowest BCUT2D eigenvalue weighted by atomic mass is 10.1. The molecule has 2 aliphatic rings. The molecule has 1 saturated heterocycles. The number of hydrogen-bond acceptors (Lipinski definition) is 6. The lowest BCUT2D eigenvalue weighted by Gasteiger charge is -2.37. The molecule has 2 aliphatic heterocycles. The predicted octanol–water partition coefficient (Wildman–Crippen LogP) is 2.02. The van der Waals surface area contributed by atoms with Gasteiger partial charge in [-0.15, -0.1) is 0 Å². The van der Waals surface area contributed by atoms with Crippen LogP contribution in [0.4, 0.5) is 21.5 Å². The number of piperazine rings is 1. The lowest BCUT2D eigenvalue weighted by Crippen LogP contribution is -2.51. The molecule has 0 spiro atoms. The second-order valence-corrected chi connectivity index (χ2v) is 7.12. The van der Waals surface area contributed by atoms with Crippen molar-refractivity contribution >= 4 is 40.1 Å². The fraction of sp³-hybridized carbons (Fsp3) is 0.316. The van der Waals surface area contributed by atoms with Crippen LogP contribution in [0.5, 0.6) is 0 Å². The molecule has 1 aromatic heterocycles. The SMILES string of the molecule is Nc1ccccc1N1CCN(C(=S)N/N=C2/CCNc3cc(F)cnc32)CC1. The molecule has 0 bridgehead atoms. The standard InChI is InChI=1S/C19H22FN7S/c20-13-11-16-18(23-12-13)15(5-6-22-16)24-25-19(28)27-9-7-26(8-10-27)17-4-2-1-3-14(17)21/h1-4,11-12,22H,5-10,21H2,(H,25,28)/b24-15-. The number of hydrogen-bond donors (Lipinski definition) is 3. The maximum Gasteiger partial charge on any atom is 0.189 e. The number of nitrogen functional groups attached to an aromatic ring is 1.